The molecule has 2 aromatic rings. The van der Waals surface area contributed by atoms with E-state index in [9.17, 15) is 13.0 Å². The first kappa shape index (κ1) is 14.0. The Morgan fingerprint density at radius 2 is 1.95 bits per heavy atom. The molecule has 0 spiro atoms. The van der Waals surface area contributed by atoms with Crippen molar-refractivity contribution >= 4 is 28.1 Å². The van der Waals surface area contributed by atoms with Crippen molar-refractivity contribution in [1.82, 2.24) is 0 Å². The molecule has 2 aromatic carbocycles. The fourth-order valence-corrected chi connectivity index (χ4v) is 3.00. The first-order valence-corrected chi connectivity index (χ1v) is 7.05. The highest BCUT2D eigenvalue weighted by Gasteiger charge is 2.13. The molecular formula is C13H10ClF2NOS. The number of anilines is 1. The number of nitrogens with two attached hydrogens (primary N) is 1. The zero-order chi connectivity index (χ0) is 14.0. The van der Waals surface area contributed by atoms with Gasteiger partial charge in [-0.15, -0.1) is 0 Å². The van der Waals surface area contributed by atoms with Gasteiger partial charge in [0, 0.05) is 5.56 Å². The molecule has 0 aliphatic carbocycles. The Morgan fingerprint density at radius 1 is 1.21 bits per heavy atom. The monoisotopic (exact) mass is 301 g/mol. The summed E-state index contributed by atoms with van der Waals surface area (Å²) in [5, 5.41) is -0.0263. The molecule has 100 valence electrons. The minimum atomic E-state index is -1.56. The molecule has 0 heterocycles. The second-order valence-corrected chi connectivity index (χ2v) is 5.71. The van der Waals surface area contributed by atoms with Crippen LogP contribution in [-0.2, 0) is 16.6 Å². The van der Waals surface area contributed by atoms with Crippen LogP contribution in [0.4, 0.5) is 14.5 Å². The van der Waals surface area contributed by atoms with Crippen molar-refractivity contribution in [2.75, 3.05) is 5.73 Å². The third-order valence-electron chi connectivity index (χ3n) is 2.54. The third-order valence-corrected chi connectivity index (χ3v) is 4.26. The number of benzene rings is 2. The van der Waals surface area contributed by atoms with Gasteiger partial charge in [-0.2, -0.15) is 0 Å². The van der Waals surface area contributed by atoms with Crippen LogP contribution in [0.2, 0.25) is 5.02 Å². The normalized spacial score (nSPS) is 12.4. The van der Waals surface area contributed by atoms with E-state index in [2.05, 4.69) is 0 Å². The Kier molecular flexibility index (Phi) is 4.17. The molecule has 0 amide bonds. The maximum atomic E-state index is 13.7. The molecule has 0 radical (unpaired) electrons. The van der Waals surface area contributed by atoms with Gasteiger partial charge in [0.05, 0.1) is 32.2 Å². The fourth-order valence-electron chi connectivity index (χ4n) is 1.61. The SMILES string of the molecule is Nc1cc(F)ccc1S(=O)Cc1cccc(Cl)c1F. The van der Waals surface area contributed by atoms with E-state index in [-0.39, 0.29) is 26.9 Å². The van der Waals surface area contributed by atoms with E-state index in [0.29, 0.717) is 0 Å². The van der Waals surface area contributed by atoms with Gasteiger partial charge in [-0.05, 0) is 24.3 Å². The third kappa shape index (κ3) is 3.11. The van der Waals surface area contributed by atoms with E-state index in [1.807, 2.05) is 0 Å². The summed E-state index contributed by atoms with van der Waals surface area (Å²) < 4.78 is 38.7. The minimum Gasteiger partial charge on any atom is -0.398 e. The first-order chi connectivity index (χ1) is 8.99. The standard InChI is InChI=1S/C13H10ClF2NOS/c14-10-3-1-2-8(13(10)16)7-19(18)12-5-4-9(15)6-11(12)17/h1-6H,7,17H2. The van der Waals surface area contributed by atoms with Crippen LogP contribution in [0, 0.1) is 11.6 Å². The van der Waals surface area contributed by atoms with Crippen LogP contribution < -0.4 is 5.73 Å². The summed E-state index contributed by atoms with van der Waals surface area (Å²) in [5.74, 6) is -1.17. The Balaban J connectivity index is 2.28. The summed E-state index contributed by atoms with van der Waals surface area (Å²) in [6.45, 7) is 0. The quantitative estimate of drug-likeness (QED) is 0.882. The number of hydrogen-bond acceptors (Lipinski definition) is 2. The molecule has 2 rings (SSSR count). The largest absolute Gasteiger partial charge is 0.398 e. The van der Waals surface area contributed by atoms with Gasteiger partial charge in [0.15, 0.2) is 0 Å². The maximum Gasteiger partial charge on any atom is 0.145 e. The van der Waals surface area contributed by atoms with Crippen LogP contribution in [-0.4, -0.2) is 4.21 Å². The minimum absolute atomic E-state index is 0.0263. The van der Waals surface area contributed by atoms with Crippen molar-refractivity contribution in [3.63, 3.8) is 0 Å². The van der Waals surface area contributed by atoms with Gasteiger partial charge in [-0.3, -0.25) is 4.21 Å². The smallest absolute Gasteiger partial charge is 0.145 e. The van der Waals surface area contributed by atoms with Gasteiger partial charge in [0.1, 0.15) is 11.6 Å². The average molecular weight is 302 g/mol. The van der Waals surface area contributed by atoms with Gasteiger partial charge >= 0.3 is 0 Å². The molecule has 0 saturated heterocycles. The summed E-state index contributed by atoms with van der Waals surface area (Å²) in [7, 11) is -1.56. The highest BCUT2D eigenvalue weighted by Crippen LogP contribution is 2.23. The predicted molar refractivity (Wildman–Crippen MR) is 72.3 cm³/mol. The molecule has 2 nitrogen and oxygen atoms in total. The Bertz CT molecular complexity index is 649. The van der Waals surface area contributed by atoms with E-state index in [1.54, 1.807) is 6.07 Å². The van der Waals surface area contributed by atoms with Gasteiger partial charge < -0.3 is 5.73 Å². The molecule has 1 atom stereocenters. The van der Waals surface area contributed by atoms with Gasteiger partial charge in [0.25, 0.3) is 0 Å². The number of halogens is 3. The van der Waals surface area contributed by atoms with Crippen LogP contribution in [0.25, 0.3) is 0 Å². The molecule has 0 aliphatic rings. The molecule has 19 heavy (non-hydrogen) atoms. The summed E-state index contributed by atoms with van der Waals surface area (Å²) in [5.41, 5.74) is 5.91. The fraction of sp³-hybridized carbons (Fsp3) is 0.0769. The topological polar surface area (TPSA) is 43.1 Å². The van der Waals surface area contributed by atoms with Crippen molar-refractivity contribution in [2.24, 2.45) is 0 Å². The van der Waals surface area contributed by atoms with Crippen molar-refractivity contribution in [1.29, 1.82) is 0 Å². The van der Waals surface area contributed by atoms with Gasteiger partial charge in [-0.25, -0.2) is 8.78 Å². The molecule has 0 fully saturated rings. The van der Waals surface area contributed by atoms with E-state index >= 15 is 0 Å². The van der Waals surface area contributed by atoms with E-state index in [1.165, 1.54) is 18.2 Å². The Hall–Kier alpha value is -1.46. The highest BCUT2D eigenvalue weighted by atomic mass is 35.5. The summed E-state index contributed by atoms with van der Waals surface area (Å²) >= 11 is 5.65. The number of nitrogen functional groups attached to an aromatic ring is 1. The lowest BCUT2D eigenvalue weighted by atomic mass is 10.2. The zero-order valence-corrected chi connectivity index (χ0v) is 11.3. The van der Waals surface area contributed by atoms with Crippen molar-refractivity contribution in [3.8, 4) is 0 Å². The van der Waals surface area contributed by atoms with Crippen molar-refractivity contribution in [2.45, 2.75) is 10.6 Å². The van der Waals surface area contributed by atoms with E-state index in [4.69, 9.17) is 17.3 Å². The van der Waals surface area contributed by atoms with Crippen LogP contribution in [0.5, 0.6) is 0 Å². The zero-order valence-electron chi connectivity index (χ0n) is 9.70. The van der Waals surface area contributed by atoms with Crippen LogP contribution in [0.15, 0.2) is 41.3 Å². The molecule has 2 N–H and O–H groups in total. The van der Waals surface area contributed by atoms with E-state index in [0.717, 1.165) is 12.1 Å². The maximum absolute atomic E-state index is 13.7. The predicted octanol–water partition coefficient (Wildman–Crippen LogP) is 3.51. The molecule has 0 aliphatic heterocycles. The second kappa shape index (κ2) is 5.67. The van der Waals surface area contributed by atoms with Crippen LogP contribution >= 0.6 is 11.6 Å². The number of hydrogen-bond donors (Lipinski definition) is 1. The summed E-state index contributed by atoms with van der Waals surface area (Å²) in [6, 6.07) is 8.07. The molecule has 0 aromatic heterocycles. The Morgan fingerprint density at radius 3 is 2.63 bits per heavy atom. The van der Waals surface area contributed by atoms with Gasteiger partial charge in [-0.1, -0.05) is 23.7 Å². The van der Waals surface area contributed by atoms with Crippen LogP contribution in [0.1, 0.15) is 5.56 Å². The summed E-state index contributed by atoms with van der Waals surface area (Å²) in [6.07, 6.45) is 0. The summed E-state index contributed by atoms with van der Waals surface area (Å²) in [4.78, 5) is 0.278. The van der Waals surface area contributed by atoms with Crippen LogP contribution in [0.3, 0.4) is 0 Å². The average Bonchev–Trinajstić information content (AvgIpc) is 2.34. The first-order valence-electron chi connectivity index (χ1n) is 5.35. The molecular weight excluding hydrogens is 292 g/mol. The molecule has 0 saturated carbocycles. The van der Waals surface area contributed by atoms with E-state index < -0.39 is 22.4 Å². The lowest BCUT2D eigenvalue weighted by Gasteiger charge is -2.07. The number of rotatable bonds is 3. The molecule has 0 bridgehead atoms. The lowest BCUT2D eigenvalue weighted by molar-refractivity contribution is 0.615. The highest BCUT2D eigenvalue weighted by molar-refractivity contribution is 7.84. The molecule has 1 unspecified atom stereocenters. The van der Waals surface area contributed by atoms with Crippen molar-refractivity contribution in [3.05, 3.63) is 58.6 Å². The Labute approximate surface area is 116 Å². The second-order valence-electron chi connectivity index (χ2n) is 3.88. The van der Waals surface area contributed by atoms with Crippen molar-refractivity contribution < 1.29 is 13.0 Å². The lowest BCUT2D eigenvalue weighted by Crippen LogP contribution is -2.03. The van der Waals surface area contributed by atoms with Gasteiger partial charge in [0.2, 0.25) is 0 Å². The molecule has 6 heteroatoms.